The molecule has 14 heavy (non-hydrogen) atoms. The molecule has 0 atom stereocenters. The standard InChI is InChI=1S/C10H17NO3/c1-4-11(6-5-10(13)14)9(12)7-8(2)3/h7H,4-6H2,1-3H3,(H,13,14). The van der Waals surface area contributed by atoms with Gasteiger partial charge >= 0.3 is 5.97 Å². The smallest absolute Gasteiger partial charge is 0.305 e. The van der Waals surface area contributed by atoms with Gasteiger partial charge in [-0.15, -0.1) is 0 Å². The summed E-state index contributed by atoms with van der Waals surface area (Å²) in [6, 6.07) is 0. The predicted molar refractivity (Wildman–Crippen MR) is 53.9 cm³/mol. The molecule has 1 amide bonds. The summed E-state index contributed by atoms with van der Waals surface area (Å²) in [6.07, 6.45) is 1.52. The minimum absolute atomic E-state index is 0.00379. The van der Waals surface area contributed by atoms with Crippen LogP contribution in [0.1, 0.15) is 27.2 Å². The molecule has 4 heteroatoms. The second kappa shape index (κ2) is 6.18. The Labute approximate surface area is 84.2 Å². The van der Waals surface area contributed by atoms with Gasteiger partial charge in [0.2, 0.25) is 5.91 Å². The molecule has 0 saturated carbocycles. The molecule has 4 nitrogen and oxygen atoms in total. The van der Waals surface area contributed by atoms with Crippen molar-refractivity contribution in [3.05, 3.63) is 11.6 Å². The summed E-state index contributed by atoms with van der Waals surface area (Å²) in [5.74, 6) is -0.998. The van der Waals surface area contributed by atoms with Gasteiger partial charge in [0.05, 0.1) is 6.42 Å². The van der Waals surface area contributed by atoms with Gasteiger partial charge in [0.15, 0.2) is 0 Å². The summed E-state index contributed by atoms with van der Waals surface area (Å²) in [4.78, 5) is 23.3. The first kappa shape index (κ1) is 12.7. The van der Waals surface area contributed by atoms with E-state index in [1.54, 1.807) is 0 Å². The highest BCUT2D eigenvalue weighted by molar-refractivity contribution is 5.88. The van der Waals surface area contributed by atoms with Crippen LogP contribution in [0.5, 0.6) is 0 Å². The molecule has 0 aromatic heterocycles. The highest BCUT2D eigenvalue weighted by atomic mass is 16.4. The number of carbonyl (C=O) groups is 2. The number of hydrogen-bond acceptors (Lipinski definition) is 2. The lowest BCUT2D eigenvalue weighted by atomic mass is 10.3. The minimum atomic E-state index is -0.881. The third-order valence-corrected chi connectivity index (χ3v) is 1.70. The van der Waals surface area contributed by atoms with E-state index in [9.17, 15) is 9.59 Å². The van der Waals surface area contributed by atoms with E-state index in [1.807, 2.05) is 20.8 Å². The molecule has 0 fully saturated rings. The summed E-state index contributed by atoms with van der Waals surface area (Å²) < 4.78 is 0. The number of likely N-dealkylation sites (N-methyl/N-ethyl adjacent to an activating group) is 1. The van der Waals surface area contributed by atoms with Crippen LogP contribution in [0.3, 0.4) is 0 Å². The van der Waals surface area contributed by atoms with Crippen molar-refractivity contribution < 1.29 is 14.7 Å². The van der Waals surface area contributed by atoms with E-state index in [0.29, 0.717) is 6.54 Å². The molecule has 0 spiro atoms. The fourth-order valence-electron chi connectivity index (χ4n) is 0.993. The third-order valence-electron chi connectivity index (χ3n) is 1.70. The Kier molecular flexibility index (Phi) is 5.60. The maximum Gasteiger partial charge on any atom is 0.305 e. The van der Waals surface area contributed by atoms with Gasteiger partial charge in [-0.1, -0.05) is 5.57 Å². The van der Waals surface area contributed by atoms with Gasteiger partial charge in [0.1, 0.15) is 0 Å². The van der Waals surface area contributed by atoms with E-state index in [2.05, 4.69) is 0 Å². The molecule has 0 aromatic rings. The maximum atomic E-state index is 11.5. The summed E-state index contributed by atoms with van der Waals surface area (Å²) in [5, 5.41) is 8.47. The number of amides is 1. The average molecular weight is 199 g/mol. The van der Waals surface area contributed by atoms with Crippen LogP contribution >= 0.6 is 0 Å². The quantitative estimate of drug-likeness (QED) is 0.678. The molecular weight excluding hydrogens is 182 g/mol. The average Bonchev–Trinajstić information content (AvgIpc) is 2.03. The Morgan fingerprint density at radius 2 is 1.93 bits per heavy atom. The number of carboxylic acids is 1. The second-order valence-electron chi connectivity index (χ2n) is 3.28. The molecule has 0 saturated heterocycles. The lowest BCUT2D eigenvalue weighted by Crippen LogP contribution is -2.31. The Hall–Kier alpha value is -1.32. The van der Waals surface area contributed by atoms with E-state index in [4.69, 9.17) is 5.11 Å². The number of nitrogens with zero attached hydrogens (tertiary/aromatic N) is 1. The van der Waals surface area contributed by atoms with E-state index in [1.165, 1.54) is 11.0 Å². The molecule has 0 rings (SSSR count). The van der Waals surface area contributed by atoms with Crippen molar-refractivity contribution in [3.63, 3.8) is 0 Å². The van der Waals surface area contributed by atoms with E-state index < -0.39 is 5.97 Å². The predicted octanol–water partition coefficient (Wildman–Crippen LogP) is 1.28. The Balaban J connectivity index is 4.20. The normalized spacial score (nSPS) is 9.36. The number of aliphatic carboxylic acids is 1. The summed E-state index contributed by atoms with van der Waals surface area (Å²) in [6.45, 7) is 6.31. The zero-order chi connectivity index (χ0) is 11.1. The Morgan fingerprint density at radius 1 is 1.36 bits per heavy atom. The van der Waals surface area contributed by atoms with E-state index >= 15 is 0 Å². The van der Waals surface area contributed by atoms with Crippen LogP contribution in [0.4, 0.5) is 0 Å². The molecule has 0 aromatic carbocycles. The first-order valence-electron chi connectivity index (χ1n) is 4.63. The number of carboxylic acid groups (broad SMARTS) is 1. The zero-order valence-corrected chi connectivity index (χ0v) is 8.91. The molecule has 0 heterocycles. The van der Waals surface area contributed by atoms with Crippen molar-refractivity contribution in [2.75, 3.05) is 13.1 Å². The first-order chi connectivity index (χ1) is 6.47. The van der Waals surface area contributed by atoms with Gasteiger partial charge < -0.3 is 10.0 Å². The number of rotatable bonds is 5. The largest absolute Gasteiger partial charge is 0.481 e. The number of carbonyl (C=O) groups excluding carboxylic acids is 1. The molecule has 0 bridgehead atoms. The lowest BCUT2D eigenvalue weighted by Gasteiger charge is -2.18. The minimum Gasteiger partial charge on any atom is -0.481 e. The molecule has 0 radical (unpaired) electrons. The third kappa shape index (κ3) is 5.35. The van der Waals surface area contributed by atoms with Crippen LogP contribution < -0.4 is 0 Å². The fourth-order valence-corrected chi connectivity index (χ4v) is 0.993. The summed E-state index contributed by atoms with van der Waals surface area (Å²) in [5.41, 5.74) is 0.920. The topological polar surface area (TPSA) is 57.6 Å². The van der Waals surface area contributed by atoms with Crippen molar-refractivity contribution in [3.8, 4) is 0 Å². The number of allylic oxidation sites excluding steroid dienone is 1. The van der Waals surface area contributed by atoms with Crippen LogP contribution in [0.15, 0.2) is 11.6 Å². The van der Waals surface area contributed by atoms with Crippen LogP contribution in [0.2, 0.25) is 0 Å². The molecule has 1 N–H and O–H groups in total. The highest BCUT2D eigenvalue weighted by Gasteiger charge is 2.09. The van der Waals surface area contributed by atoms with Crippen molar-refractivity contribution in [2.45, 2.75) is 27.2 Å². The molecule has 0 aliphatic carbocycles. The van der Waals surface area contributed by atoms with Crippen molar-refractivity contribution in [2.24, 2.45) is 0 Å². The van der Waals surface area contributed by atoms with Gasteiger partial charge in [0.25, 0.3) is 0 Å². The summed E-state index contributed by atoms with van der Waals surface area (Å²) >= 11 is 0. The van der Waals surface area contributed by atoms with Crippen LogP contribution in [0.25, 0.3) is 0 Å². The fraction of sp³-hybridized carbons (Fsp3) is 0.600. The van der Waals surface area contributed by atoms with E-state index in [-0.39, 0.29) is 18.9 Å². The first-order valence-corrected chi connectivity index (χ1v) is 4.63. The van der Waals surface area contributed by atoms with Crippen molar-refractivity contribution in [1.29, 1.82) is 0 Å². The Morgan fingerprint density at radius 3 is 2.29 bits per heavy atom. The van der Waals surface area contributed by atoms with Crippen LogP contribution in [-0.4, -0.2) is 35.0 Å². The van der Waals surface area contributed by atoms with E-state index in [0.717, 1.165) is 5.57 Å². The van der Waals surface area contributed by atoms with Crippen LogP contribution in [0, 0.1) is 0 Å². The van der Waals surface area contributed by atoms with Gasteiger partial charge in [-0.25, -0.2) is 0 Å². The molecule has 0 aliphatic rings. The Bertz CT molecular complexity index is 242. The summed E-state index contributed by atoms with van der Waals surface area (Å²) in [7, 11) is 0. The second-order valence-corrected chi connectivity index (χ2v) is 3.28. The van der Waals surface area contributed by atoms with Gasteiger partial charge in [-0.3, -0.25) is 9.59 Å². The number of hydrogen-bond donors (Lipinski definition) is 1. The molecule has 80 valence electrons. The highest BCUT2D eigenvalue weighted by Crippen LogP contribution is 1.97. The monoisotopic (exact) mass is 199 g/mol. The van der Waals surface area contributed by atoms with Crippen molar-refractivity contribution >= 4 is 11.9 Å². The lowest BCUT2D eigenvalue weighted by molar-refractivity contribution is -0.137. The van der Waals surface area contributed by atoms with Crippen LogP contribution in [-0.2, 0) is 9.59 Å². The van der Waals surface area contributed by atoms with Gasteiger partial charge in [-0.05, 0) is 20.8 Å². The molecular formula is C10H17NO3. The maximum absolute atomic E-state index is 11.5. The van der Waals surface area contributed by atoms with Gasteiger partial charge in [-0.2, -0.15) is 0 Å². The van der Waals surface area contributed by atoms with Crippen molar-refractivity contribution in [1.82, 2.24) is 4.90 Å². The SMILES string of the molecule is CCN(CCC(=O)O)C(=O)C=C(C)C. The van der Waals surface area contributed by atoms with Gasteiger partial charge in [0, 0.05) is 19.2 Å². The molecule has 0 unspecified atom stereocenters. The zero-order valence-electron chi connectivity index (χ0n) is 8.91. The molecule has 0 aliphatic heterocycles.